The molecule has 0 amide bonds. The van der Waals surface area contributed by atoms with Crippen LogP contribution in [0.25, 0.3) is 0 Å². The van der Waals surface area contributed by atoms with Crippen molar-refractivity contribution < 1.29 is 17.9 Å². The maximum Gasteiger partial charge on any atom is 0.416 e. The summed E-state index contributed by atoms with van der Waals surface area (Å²) in [5.74, 6) is 0.0742. The third-order valence-corrected chi connectivity index (χ3v) is 2.52. The van der Waals surface area contributed by atoms with E-state index in [4.69, 9.17) is 10.5 Å². The number of nitrogens with two attached hydrogens (primary N) is 1. The highest BCUT2D eigenvalue weighted by Gasteiger charge is 2.30. The number of alkyl halides is 3. The van der Waals surface area contributed by atoms with E-state index in [2.05, 4.69) is 20.3 Å². The van der Waals surface area contributed by atoms with Crippen molar-refractivity contribution >= 4 is 11.9 Å². The second-order valence-corrected chi connectivity index (χ2v) is 4.06. The van der Waals surface area contributed by atoms with E-state index < -0.39 is 11.7 Å². The molecule has 0 atom stereocenters. The lowest BCUT2D eigenvalue weighted by atomic mass is 10.1. The molecule has 0 aliphatic carbocycles. The smallest absolute Gasteiger partial charge is 0.416 e. The first kappa shape index (κ1) is 14.8. The molecule has 21 heavy (non-hydrogen) atoms. The van der Waals surface area contributed by atoms with Crippen LogP contribution in [-0.2, 0) is 12.7 Å². The van der Waals surface area contributed by atoms with Crippen LogP contribution >= 0.6 is 0 Å². The van der Waals surface area contributed by atoms with Gasteiger partial charge in [0.25, 0.3) is 0 Å². The first-order valence-corrected chi connectivity index (χ1v) is 5.84. The van der Waals surface area contributed by atoms with Gasteiger partial charge in [-0.15, -0.1) is 0 Å². The highest BCUT2D eigenvalue weighted by Crippen LogP contribution is 2.29. The van der Waals surface area contributed by atoms with Crippen LogP contribution < -0.4 is 15.8 Å². The number of nitrogen functional groups attached to an aromatic ring is 1. The van der Waals surface area contributed by atoms with Gasteiger partial charge < -0.3 is 15.8 Å². The van der Waals surface area contributed by atoms with Crippen molar-refractivity contribution in [1.82, 2.24) is 15.0 Å². The van der Waals surface area contributed by atoms with Crippen molar-refractivity contribution in [1.29, 1.82) is 0 Å². The zero-order chi connectivity index (χ0) is 15.5. The molecule has 1 aromatic heterocycles. The molecule has 3 N–H and O–H groups in total. The Morgan fingerprint density at radius 3 is 2.67 bits per heavy atom. The molecule has 0 spiro atoms. The number of methoxy groups -OCH3 is 1. The van der Waals surface area contributed by atoms with Crippen molar-refractivity contribution in [3.63, 3.8) is 0 Å². The summed E-state index contributed by atoms with van der Waals surface area (Å²) in [5.41, 5.74) is 5.17. The summed E-state index contributed by atoms with van der Waals surface area (Å²) in [7, 11) is 1.37. The third-order valence-electron chi connectivity index (χ3n) is 2.52. The van der Waals surface area contributed by atoms with Gasteiger partial charge in [-0.2, -0.15) is 28.1 Å². The largest absolute Gasteiger partial charge is 0.467 e. The molecular formula is C12H12F3N5O. The van der Waals surface area contributed by atoms with Gasteiger partial charge in [0.2, 0.25) is 11.9 Å². The van der Waals surface area contributed by atoms with Gasteiger partial charge in [-0.1, -0.05) is 12.1 Å². The zero-order valence-electron chi connectivity index (χ0n) is 11.0. The van der Waals surface area contributed by atoms with Gasteiger partial charge >= 0.3 is 12.2 Å². The van der Waals surface area contributed by atoms with E-state index in [0.29, 0.717) is 5.56 Å². The van der Waals surface area contributed by atoms with Crippen LogP contribution in [0.4, 0.5) is 25.1 Å². The minimum absolute atomic E-state index is 0.0223. The van der Waals surface area contributed by atoms with E-state index in [0.717, 1.165) is 12.1 Å². The number of ether oxygens (including phenoxy) is 1. The lowest BCUT2D eigenvalue weighted by molar-refractivity contribution is -0.137. The van der Waals surface area contributed by atoms with Crippen LogP contribution in [0.5, 0.6) is 6.01 Å². The van der Waals surface area contributed by atoms with E-state index in [1.807, 2.05) is 0 Å². The molecule has 0 aliphatic heterocycles. The van der Waals surface area contributed by atoms with Crippen molar-refractivity contribution in [2.24, 2.45) is 0 Å². The van der Waals surface area contributed by atoms with Crippen molar-refractivity contribution in [3.8, 4) is 6.01 Å². The third kappa shape index (κ3) is 3.94. The Labute approximate surface area is 118 Å². The monoisotopic (exact) mass is 299 g/mol. The highest BCUT2D eigenvalue weighted by molar-refractivity contribution is 5.35. The Morgan fingerprint density at radius 1 is 1.24 bits per heavy atom. The number of nitrogens with zero attached hydrogens (tertiary/aromatic N) is 3. The van der Waals surface area contributed by atoms with Crippen LogP contribution in [0, 0.1) is 0 Å². The number of hydrogen-bond donors (Lipinski definition) is 2. The van der Waals surface area contributed by atoms with Crippen LogP contribution in [0.3, 0.4) is 0 Å². The molecule has 0 saturated heterocycles. The summed E-state index contributed by atoms with van der Waals surface area (Å²) in [5, 5.41) is 2.77. The van der Waals surface area contributed by atoms with Crippen molar-refractivity contribution in [2.45, 2.75) is 12.7 Å². The Morgan fingerprint density at radius 2 is 2.00 bits per heavy atom. The predicted octanol–water partition coefficient (Wildman–Crippen LogP) is 2.09. The number of aromatic nitrogens is 3. The van der Waals surface area contributed by atoms with E-state index in [1.165, 1.54) is 13.2 Å². The molecule has 0 fully saturated rings. The van der Waals surface area contributed by atoms with E-state index >= 15 is 0 Å². The van der Waals surface area contributed by atoms with E-state index in [1.54, 1.807) is 6.07 Å². The fraction of sp³-hybridized carbons (Fsp3) is 0.250. The van der Waals surface area contributed by atoms with Crippen LogP contribution in [0.15, 0.2) is 24.3 Å². The van der Waals surface area contributed by atoms with Gasteiger partial charge in [0.15, 0.2) is 0 Å². The first-order chi connectivity index (χ1) is 9.88. The Kier molecular flexibility index (Phi) is 4.10. The summed E-state index contributed by atoms with van der Waals surface area (Å²) in [6, 6.07) is 4.98. The predicted molar refractivity (Wildman–Crippen MR) is 69.6 cm³/mol. The molecule has 0 saturated carbocycles. The summed E-state index contributed by atoms with van der Waals surface area (Å²) in [6.45, 7) is 0.108. The highest BCUT2D eigenvalue weighted by atomic mass is 19.4. The molecule has 2 rings (SSSR count). The molecule has 6 nitrogen and oxygen atoms in total. The molecule has 0 radical (unpaired) electrons. The maximum atomic E-state index is 12.6. The van der Waals surface area contributed by atoms with Crippen LogP contribution in [-0.4, -0.2) is 22.1 Å². The fourth-order valence-electron chi connectivity index (χ4n) is 1.58. The molecule has 9 heteroatoms. The number of benzene rings is 1. The Balaban J connectivity index is 2.11. The van der Waals surface area contributed by atoms with E-state index in [-0.39, 0.29) is 24.5 Å². The lowest BCUT2D eigenvalue weighted by Crippen LogP contribution is -2.09. The number of hydrogen-bond acceptors (Lipinski definition) is 6. The van der Waals surface area contributed by atoms with Gasteiger partial charge in [-0.05, 0) is 17.7 Å². The standard InChI is InChI=1S/C12H12F3N5O/c1-21-11-19-9(16)18-10(20-11)17-6-7-3-2-4-8(5-7)12(13,14)15/h2-5H,6H2,1H3,(H3,16,17,18,19,20). The van der Waals surface area contributed by atoms with Crippen molar-refractivity contribution in [3.05, 3.63) is 35.4 Å². The van der Waals surface area contributed by atoms with Crippen molar-refractivity contribution in [2.75, 3.05) is 18.2 Å². The number of anilines is 2. The number of rotatable bonds is 4. The van der Waals surface area contributed by atoms with E-state index in [9.17, 15) is 13.2 Å². The number of nitrogens with one attached hydrogen (secondary N) is 1. The second-order valence-electron chi connectivity index (χ2n) is 4.06. The first-order valence-electron chi connectivity index (χ1n) is 5.84. The van der Waals surface area contributed by atoms with Crippen LogP contribution in [0.1, 0.15) is 11.1 Å². The van der Waals surface area contributed by atoms with Gasteiger partial charge in [-0.25, -0.2) is 0 Å². The summed E-state index contributed by atoms with van der Waals surface area (Å²) < 4.78 is 42.6. The molecule has 2 aromatic rings. The maximum absolute atomic E-state index is 12.6. The Hall–Kier alpha value is -2.58. The van der Waals surface area contributed by atoms with Gasteiger partial charge in [-0.3, -0.25) is 0 Å². The fourth-order valence-corrected chi connectivity index (χ4v) is 1.58. The molecule has 0 bridgehead atoms. The summed E-state index contributed by atoms with van der Waals surface area (Å²) in [6.07, 6.45) is -4.38. The summed E-state index contributed by atoms with van der Waals surface area (Å²) >= 11 is 0. The minimum Gasteiger partial charge on any atom is -0.467 e. The average Bonchev–Trinajstić information content (AvgIpc) is 2.44. The average molecular weight is 299 g/mol. The lowest BCUT2D eigenvalue weighted by Gasteiger charge is -2.10. The van der Waals surface area contributed by atoms with Gasteiger partial charge in [0.05, 0.1) is 12.7 Å². The topological polar surface area (TPSA) is 86.0 Å². The van der Waals surface area contributed by atoms with Gasteiger partial charge in [0.1, 0.15) is 0 Å². The quantitative estimate of drug-likeness (QED) is 0.899. The van der Waals surface area contributed by atoms with Crippen LogP contribution in [0.2, 0.25) is 0 Å². The second kappa shape index (κ2) is 5.81. The molecule has 0 aliphatic rings. The molecule has 1 heterocycles. The SMILES string of the molecule is COc1nc(N)nc(NCc2cccc(C(F)(F)F)c2)n1. The summed E-state index contributed by atoms with van der Waals surface area (Å²) in [4.78, 5) is 11.4. The molecule has 1 aromatic carbocycles. The number of halogens is 3. The molecular weight excluding hydrogens is 287 g/mol. The molecule has 112 valence electrons. The Bertz CT molecular complexity index is 633. The zero-order valence-corrected chi connectivity index (χ0v) is 11.0. The minimum atomic E-state index is -4.38. The molecule has 0 unspecified atom stereocenters. The normalized spacial score (nSPS) is 11.2. The van der Waals surface area contributed by atoms with Gasteiger partial charge in [0, 0.05) is 6.54 Å².